The standard InChI is InChI=1S/C21H31ClN6O2/c1-4-23-21(24-11-18-14-28(9-10-29-18)13-15(2)3)25-12-19-26-20(27-30-19)16-5-7-17(22)8-6-16/h5-8,15,18H,4,9-14H2,1-3H3,(H2,23,24,25). The lowest BCUT2D eigenvalue weighted by Gasteiger charge is -2.34. The summed E-state index contributed by atoms with van der Waals surface area (Å²) in [6.07, 6.45) is 0.140. The molecule has 1 saturated heterocycles. The smallest absolute Gasteiger partial charge is 0.248 e. The topological polar surface area (TPSA) is 87.8 Å². The van der Waals surface area contributed by atoms with Gasteiger partial charge in [-0.25, -0.2) is 4.99 Å². The van der Waals surface area contributed by atoms with Crippen molar-refractivity contribution < 1.29 is 9.26 Å². The maximum absolute atomic E-state index is 5.93. The van der Waals surface area contributed by atoms with E-state index in [-0.39, 0.29) is 6.10 Å². The van der Waals surface area contributed by atoms with Crippen LogP contribution in [0.15, 0.2) is 33.8 Å². The Morgan fingerprint density at radius 2 is 2.10 bits per heavy atom. The third kappa shape index (κ3) is 6.97. The number of hydrogen-bond donors (Lipinski definition) is 2. The largest absolute Gasteiger partial charge is 0.374 e. The maximum Gasteiger partial charge on any atom is 0.248 e. The molecule has 9 heteroatoms. The van der Waals surface area contributed by atoms with Gasteiger partial charge < -0.3 is 19.9 Å². The van der Waals surface area contributed by atoms with Crippen molar-refractivity contribution in [1.82, 2.24) is 25.7 Å². The summed E-state index contributed by atoms with van der Waals surface area (Å²) in [4.78, 5) is 11.4. The quantitative estimate of drug-likeness (QED) is 0.487. The van der Waals surface area contributed by atoms with Gasteiger partial charge in [-0.1, -0.05) is 30.6 Å². The van der Waals surface area contributed by atoms with Crippen LogP contribution in [-0.4, -0.2) is 66.4 Å². The number of aromatic nitrogens is 2. The SMILES string of the molecule is CCNC(=NCc1nc(-c2ccc(Cl)cc2)no1)NCC1CN(CC(C)C)CCO1. The fourth-order valence-corrected chi connectivity index (χ4v) is 3.45. The Balaban J connectivity index is 1.54. The molecule has 2 heterocycles. The van der Waals surface area contributed by atoms with Crippen molar-refractivity contribution in [3.63, 3.8) is 0 Å². The fraction of sp³-hybridized carbons (Fsp3) is 0.571. The number of hydrogen-bond acceptors (Lipinski definition) is 6. The van der Waals surface area contributed by atoms with Crippen molar-refractivity contribution in [3.8, 4) is 11.4 Å². The van der Waals surface area contributed by atoms with Gasteiger partial charge in [0.25, 0.3) is 0 Å². The van der Waals surface area contributed by atoms with Gasteiger partial charge in [-0.2, -0.15) is 4.98 Å². The molecule has 1 unspecified atom stereocenters. The summed E-state index contributed by atoms with van der Waals surface area (Å²) in [5, 5.41) is 11.3. The number of rotatable bonds is 8. The molecule has 1 aromatic heterocycles. The molecular formula is C21H31ClN6O2. The molecule has 0 saturated carbocycles. The Hall–Kier alpha value is -2.16. The highest BCUT2D eigenvalue weighted by Crippen LogP contribution is 2.18. The van der Waals surface area contributed by atoms with Gasteiger partial charge in [-0.05, 0) is 37.1 Å². The van der Waals surface area contributed by atoms with Crippen LogP contribution < -0.4 is 10.6 Å². The average molecular weight is 435 g/mol. The molecule has 1 fully saturated rings. The first kappa shape index (κ1) is 22.5. The molecular weight excluding hydrogens is 404 g/mol. The summed E-state index contributed by atoms with van der Waals surface area (Å²) >= 11 is 5.93. The van der Waals surface area contributed by atoms with E-state index in [0.717, 1.165) is 38.3 Å². The zero-order valence-corrected chi connectivity index (χ0v) is 18.7. The molecule has 30 heavy (non-hydrogen) atoms. The Morgan fingerprint density at radius 3 is 2.83 bits per heavy atom. The molecule has 0 spiro atoms. The Morgan fingerprint density at radius 1 is 1.30 bits per heavy atom. The molecule has 2 aromatic rings. The third-order valence-electron chi connectivity index (χ3n) is 4.63. The first-order valence-electron chi connectivity index (χ1n) is 10.5. The zero-order chi connectivity index (χ0) is 21.3. The van der Waals surface area contributed by atoms with Crippen molar-refractivity contribution >= 4 is 17.6 Å². The van der Waals surface area contributed by atoms with Crippen LogP contribution in [0.25, 0.3) is 11.4 Å². The summed E-state index contributed by atoms with van der Waals surface area (Å²) < 4.78 is 11.2. The monoisotopic (exact) mass is 434 g/mol. The summed E-state index contributed by atoms with van der Waals surface area (Å²) in [5.74, 6) is 2.33. The number of aliphatic imine (C=N–C) groups is 1. The number of benzene rings is 1. The van der Waals surface area contributed by atoms with Gasteiger partial charge in [0.15, 0.2) is 5.96 Å². The Bertz CT molecular complexity index is 808. The molecule has 1 aliphatic rings. The molecule has 0 bridgehead atoms. The van der Waals surface area contributed by atoms with Crippen molar-refractivity contribution in [2.75, 3.05) is 39.3 Å². The summed E-state index contributed by atoms with van der Waals surface area (Å²) in [5.41, 5.74) is 0.851. The normalized spacial score (nSPS) is 18.0. The predicted molar refractivity (Wildman–Crippen MR) is 119 cm³/mol. The van der Waals surface area contributed by atoms with E-state index in [1.54, 1.807) is 12.1 Å². The number of ether oxygens (including phenoxy) is 1. The molecule has 1 aliphatic heterocycles. The highest BCUT2D eigenvalue weighted by Gasteiger charge is 2.21. The van der Waals surface area contributed by atoms with E-state index in [1.807, 2.05) is 19.1 Å². The first-order valence-corrected chi connectivity index (χ1v) is 10.9. The minimum absolute atomic E-state index is 0.140. The van der Waals surface area contributed by atoms with Crippen LogP contribution >= 0.6 is 11.6 Å². The van der Waals surface area contributed by atoms with Crippen molar-refractivity contribution in [2.24, 2.45) is 10.9 Å². The molecule has 8 nitrogen and oxygen atoms in total. The van der Waals surface area contributed by atoms with Crippen LogP contribution in [0.5, 0.6) is 0 Å². The van der Waals surface area contributed by atoms with Crippen molar-refractivity contribution in [1.29, 1.82) is 0 Å². The van der Waals surface area contributed by atoms with E-state index < -0.39 is 0 Å². The van der Waals surface area contributed by atoms with Gasteiger partial charge in [0.2, 0.25) is 11.7 Å². The maximum atomic E-state index is 5.93. The summed E-state index contributed by atoms with van der Waals surface area (Å²) in [6.45, 7) is 12.1. The highest BCUT2D eigenvalue weighted by molar-refractivity contribution is 6.30. The predicted octanol–water partition coefficient (Wildman–Crippen LogP) is 2.80. The van der Waals surface area contributed by atoms with E-state index in [4.69, 9.17) is 20.9 Å². The van der Waals surface area contributed by atoms with Gasteiger partial charge >= 0.3 is 0 Å². The second-order valence-electron chi connectivity index (χ2n) is 7.74. The van der Waals surface area contributed by atoms with E-state index in [0.29, 0.717) is 41.7 Å². The van der Waals surface area contributed by atoms with Crippen LogP contribution in [0.1, 0.15) is 26.7 Å². The second kappa shape index (κ2) is 11.3. The van der Waals surface area contributed by atoms with Crippen LogP contribution in [0.3, 0.4) is 0 Å². The molecule has 0 radical (unpaired) electrons. The summed E-state index contributed by atoms with van der Waals surface area (Å²) in [6, 6.07) is 7.32. The second-order valence-corrected chi connectivity index (χ2v) is 8.18. The minimum atomic E-state index is 0.140. The van der Waals surface area contributed by atoms with Gasteiger partial charge in [0, 0.05) is 43.3 Å². The molecule has 0 aliphatic carbocycles. The van der Waals surface area contributed by atoms with E-state index in [1.165, 1.54) is 0 Å². The number of morpholine rings is 1. The number of nitrogens with one attached hydrogen (secondary N) is 2. The molecule has 0 amide bonds. The Labute approximate surface area is 183 Å². The van der Waals surface area contributed by atoms with E-state index in [9.17, 15) is 0 Å². The van der Waals surface area contributed by atoms with Gasteiger partial charge in [-0.15, -0.1) is 0 Å². The number of nitrogens with zero attached hydrogens (tertiary/aromatic N) is 4. The lowest BCUT2D eigenvalue weighted by atomic mass is 10.2. The lowest BCUT2D eigenvalue weighted by molar-refractivity contribution is -0.0284. The molecule has 1 aromatic carbocycles. The van der Waals surface area contributed by atoms with Crippen molar-refractivity contribution in [2.45, 2.75) is 33.4 Å². The van der Waals surface area contributed by atoms with Crippen molar-refractivity contribution in [3.05, 3.63) is 35.2 Å². The van der Waals surface area contributed by atoms with Gasteiger partial charge in [0.05, 0.1) is 12.7 Å². The van der Waals surface area contributed by atoms with Crippen LogP contribution in [0.4, 0.5) is 0 Å². The van der Waals surface area contributed by atoms with Gasteiger partial charge in [0.1, 0.15) is 6.54 Å². The first-order chi connectivity index (χ1) is 14.5. The summed E-state index contributed by atoms with van der Waals surface area (Å²) in [7, 11) is 0. The fourth-order valence-electron chi connectivity index (χ4n) is 3.32. The molecule has 3 rings (SSSR count). The van der Waals surface area contributed by atoms with Crippen LogP contribution in [0.2, 0.25) is 5.02 Å². The van der Waals surface area contributed by atoms with Crippen LogP contribution in [-0.2, 0) is 11.3 Å². The molecule has 164 valence electrons. The van der Waals surface area contributed by atoms with Gasteiger partial charge in [-0.3, -0.25) is 4.90 Å². The molecule has 2 N–H and O–H groups in total. The third-order valence-corrected chi connectivity index (χ3v) is 4.88. The average Bonchev–Trinajstić information content (AvgIpc) is 3.19. The Kier molecular flexibility index (Phi) is 8.48. The van der Waals surface area contributed by atoms with E-state index in [2.05, 4.69) is 44.5 Å². The van der Waals surface area contributed by atoms with E-state index >= 15 is 0 Å². The highest BCUT2D eigenvalue weighted by atomic mass is 35.5. The molecule has 1 atom stereocenters. The minimum Gasteiger partial charge on any atom is -0.374 e. The zero-order valence-electron chi connectivity index (χ0n) is 17.9. The number of halogens is 1. The lowest BCUT2D eigenvalue weighted by Crippen LogP contribution is -2.50. The van der Waals surface area contributed by atoms with Crippen LogP contribution in [0, 0.1) is 5.92 Å². The number of guanidine groups is 1.